The molecule has 146 valence electrons. The van der Waals surface area contributed by atoms with Crippen molar-refractivity contribution >= 4 is 40.0 Å². The summed E-state index contributed by atoms with van der Waals surface area (Å²) in [4.78, 5) is 4.38. The van der Waals surface area contributed by atoms with Gasteiger partial charge in [0.15, 0.2) is 5.96 Å². The molecule has 0 saturated heterocycles. The smallest absolute Gasteiger partial charge is 0.209 e. The first-order valence-corrected chi connectivity index (χ1v) is 9.62. The standard InChI is InChI=1S/C15H28N4O4S.HI/c1-6-16-13(17-10-14(2,3)19-24(5,21)22)18-11-15(4,20)12-8-7-9-23-12;/h7-9,19-20H,6,10-11H2,1-5H3,(H2,16,17,18);1H. The predicted molar refractivity (Wildman–Crippen MR) is 110 cm³/mol. The van der Waals surface area contributed by atoms with Crippen molar-refractivity contribution in [1.29, 1.82) is 0 Å². The number of rotatable bonds is 8. The van der Waals surface area contributed by atoms with Crippen LogP contribution in [0.2, 0.25) is 0 Å². The molecule has 0 radical (unpaired) electrons. The number of aliphatic hydroxyl groups is 1. The van der Waals surface area contributed by atoms with E-state index in [4.69, 9.17) is 4.42 Å². The van der Waals surface area contributed by atoms with E-state index in [0.717, 1.165) is 6.26 Å². The van der Waals surface area contributed by atoms with Gasteiger partial charge in [-0.15, -0.1) is 24.0 Å². The number of nitrogens with zero attached hydrogens (tertiary/aromatic N) is 1. The van der Waals surface area contributed by atoms with Crippen molar-refractivity contribution < 1.29 is 17.9 Å². The van der Waals surface area contributed by atoms with Crippen LogP contribution >= 0.6 is 24.0 Å². The molecule has 1 unspecified atom stereocenters. The van der Waals surface area contributed by atoms with Crippen LogP contribution in [-0.2, 0) is 15.6 Å². The van der Waals surface area contributed by atoms with Crippen LogP contribution in [0.25, 0.3) is 0 Å². The summed E-state index contributed by atoms with van der Waals surface area (Å²) >= 11 is 0. The van der Waals surface area contributed by atoms with Gasteiger partial charge in [0.1, 0.15) is 11.4 Å². The number of sulfonamides is 1. The van der Waals surface area contributed by atoms with E-state index in [1.807, 2.05) is 6.92 Å². The molecule has 1 heterocycles. The van der Waals surface area contributed by atoms with Crippen LogP contribution in [-0.4, -0.2) is 50.9 Å². The molecule has 0 bridgehead atoms. The number of furan rings is 1. The normalized spacial score (nSPS) is 15.2. The maximum Gasteiger partial charge on any atom is 0.209 e. The van der Waals surface area contributed by atoms with Crippen molar-refractivity contribution in [2.24, 2.45) is 4.99 Å². The van der Waals surface area contributed by atoms with E-state index in [0.29, 0.717) is 18.3 Å². The van der Waals surface area contributed by atoms with Crippen molar-refractivity contribution in [3.63, 3.8) is 0 Å². The maximum atomic E-state index is 11.4. The number of guanidine groups is 1. The van der Waals surface area contributed by atoms with Gasteiger partial charge in [0.25, 0.3) is 0 Å². The minimum Gasteiger partial charge on any atom is -0.466 e. The van der Waals surface area contributed by atoms with Crippen LogP contribution < -0.4 is 15.4 Å². The van der Waals surface area contributed by atoms with Crippen molar-refractivity contribution in [1.82, 2.24) is 15.4 Å². The molecule has 0 aliphatic heterocycles. The van der Waals surface area contributed by atoms with Crippen LogP contribution in [0.5, 0.6) is 0 Å². The minimum absolute atomic E-state index is 0. The third-order valence-electron chi connectivity index (χ3n) is 3.09. The topological polar surface area (TPSA) is 116 Å². The molecule has 0 fully saturated rings. The van der Waals surface area contributed by atoms with Gasteiger partial charge in [0.2, 0.25) is 10.0 Å². The number of halogens is 1. The summed E-state index contributed by atoms with van der Waals surface area (Å²) in [6.07, 6.45) is 2.62. The highest BCUT2D eigenvalue weighted by atomic mass is 127. The van der Waals surface area contributed by atoms with Gasteiger partial charge in [-0.2, -0.15) is 0 Å². The number of hydrogen-bond donors (Lipinski definition) is 4. The maximum absolute atomic E-state index is 11.4. The molecule has 1 aromatic rings. The second kappa shape index (κ2) is 9.74. The predicted octanol–water partition coefficient (Wildman–Crippen LogP) is 0.988. The van der Waals surface area contributed by atoms with Crippen LogP contribution in [0.4, 0.5) is 0 Å². The van der Waals surface area contributed by atoms with Gasteiger partial charge in [-0.05, 0) is 39.8 Å². The Labute approximate surface area is 166 Å². The summed E-state index contributed by atoms with van der Waals surface area (Å²) in [7, 11) is -3.32. The van der Waals surface area contributed by atoms with Gasteiger partial charge >= 0.3 is 0 Å². The van der Waals surface area contributed by atoms with E-state index in [1.54, 1.807) is 32.9 Å². The van der Waals surface area contributed by atoms with E-state index in [9.17, 15) is 13.5 Å². The lowest BCUT2D eigenvalue weighted by molar-refractivity contribution is 0.0386. The van der Waals surface area contributed by atoms with Gasteiger partial charge < -0.3 is 20.2 Å². The Morgan fingerprint density at radius 2 is 1.96 bits per heavy atom. The first-order chi connectivity index (χ1) is 11.0. The largest absolute Gasteiger partial charge is 0.466 e. The van der Waals surface area contributed by atoms with Gasteiger partial charge in [-0.1, -0.05) is 0 Å². The molecule has 0 saturated carbocycles. The zero-order chi connectivity index (χ0) is 18.4. The summed E-state index contributed by atoms with van der Waals surface area (Å²) in [5, 5.41) is 16.5. The van der Waals surface area contributed by atoms with E-state index >= 15 is 0 Å². The highest BCUT2D eigenvalue weighted by molar-refractivity contribution is 14.0. The molecule has 8 nitrogen and oxygen atoms in total. The highest BCUT2D eigenvalue weighted by Gasteiger charge is 2.27. The van der Waals surface area contributed by atoms with Gasteiger partial charge in [0.05, 0.1) is 25.6 Å². The Balaban J connectivity index is 0.00000576. The van der Waals surface area contributed by atoms with Crippen molar-refractivity contribution in [2.45, 2.75) is 38.8 Å². The molecule has 0 spiro atoms. The third-order valence-corrected chi connectivity index (χ3v) is 4.01. The van der Waals surface area contributed by atoms with E-state index in [1.165, 1.54) is 6.26 Å². The van der Waals surface area contributed by atoms with Gasteiger partial charge in [-0.25, -0.2) is 13.1 Å². The SMILES string of the molecule is CCNC(=NCC(C)(C)NS(C)(=O)=O)NCC(C)(O)c1ccco1.I. The fourth-order valence-corrected chi connectivity index (χ4v) is 3.15. The molecule has 1 atom stereocenters. The molecule has 1 rings (SSSR count). The molecule has 4 N–H and O–H groups in total. The van der Waals surface area contributed by atoms with Crippen molar-refractivity contribution in [3.8, 4) is 0 Å². The van der Waals surface area contributed by atoms with Crippen LogP contribution in [0, 0.1) is 0 Å². The van der Waals surface area contributed by atoms with Gasteiger partial charge in [0, 0.05) is 12.1 Å². The minimum atomic E-state index is -3.32. The molecule has 1 aromatic heterocycles. The Kier molecular flexibility index (Phi) is 9.41. The summed E-state index contributed by atoms with van der Waals surface area (Å²) in [5.74, 6) is 0.928. The number of hydrogen-bond acceptors (Lipinski definition) is 5. The second-order valence-corrected chi connectivity index (χ2v) is 8.31. The lowest BCUT2D eigenvalue weighted by atomic mass is 10.0. The molecular formula is C15H29IN4O4S. The van der Waals surface area contributed by atoms with E-state index in [2.05, 4.69) is 20.3 Å². The molecule has 25 heavy (non-hydrogen) atoms. The fraction of sp³-hybridized carbons (Fsp3) is 0.667. The first kappa shape index (κ1) is 24.1. The zero-order valence-electron chi connectivity index (χ0n) is 15.3. The van der Waals surface area contributed by atoms with Gasteiger partial charge in [-0.3, -0.25) is 4.99 Å². The van der Waals surface area contributed by atoms with Crippen molar-refractivity contribution in [3.05, 3.63) is 24.2 Å². The summed E-state index contributed by atoms with van der Waals surface area (Å²) in [6, 6.07) is 3.41. The zero-order valence-corrected chi connectivity index (χ0v) is 18.4. The summed E-state index contributed by atoms with van der Waals surface area (Å²) in [6.45, 7) is 8.11. The summed E-state index contributed by atoms with van der Waals surface area (Å²) in [5.41, 5.74) is -1.92. The Morgan fingerprint density at radius 3 is 2.44 bits per heavy atom. The van der Waals surface area contributed by atoms with Crippen LogP contribution in [0.1, 0.15) is 33.5 Å². The Morgan fingerprint density at radius 1 is 1.32 bits per heavy atom. The number of aliphatic imine (C=N–C) groups is 1. The molecule has 0 aliphatic carbocycles. The third kappa shape index (κ3) is 9.42. The molecular weight excluding hydrogens is 459 g/mol. The Hall–Kier alpha value is -0.850. The molecule has 0 amide bonds. The highest BCUT2D eigenvalue weighted by Crippen LogP contribution is 2.19. The average Bonchev–Trinajstić information content (AvgIpc) is 2.94. The average molecular weight is 488 g/mol. The fourth-order valence-electron chi connectivity index (χ4n) is 2.08. The second-order valence-electron chi connectivity index (χ2n) is 6.56. The van der Waals surface area contributed by atoms with Crippen molar-refractivity contribution in [2.75, 3.05) is 25.9 Å². The monoisotopic (exact) mass is 488 g/mol. The lowest BCUT2D eigenvalue weighted by Gasteiger charge is -2.25. The Bertz CT molecular complexity index is 642. The first-order valence-electron chi connectivity index (χ1n) is 7.73. The number of nitrogens with one attached hydrogen (secondary N) is 3. The van der Waals surface area contributed by atoms with E-state index in [-0.39, 0.29) is 37.1 Å². The van der Waals surface area contributed by atoms with Crippen LogP contribution in [0.15, 0.2) is 27.8 Å². The summed E-state index contributed by atoms with van der Waals surface area (Å²) < 4.78 is 30.5. The molecule has 0 aliphatic rings. The quantitative estimate of drug-likeness (QED) is 0.247. The van der Waals surface area contributed by atoms with E-state index < -0.39 is 21.2 Å². The molecule has 10 heteroatoms. The van der Waals surface area contributed by atoms with Crippen LogP contribution in [0.3, 0.4) is 0 Å². The molecule has 0 aromatic carbocycles. The lowest BCUT2D eigenvalue weighted by Crippen LogP contribution is -2.48.